The molecule has 0 amide bonds. The van der Waals surface area contributed by atoms with Crippen LogP contribution in [0, 0.1) is 11.8 Å². The third-order valence-corrected chi connectivity index (χ3v) is 4.98. The van der Waals surface area contributed by atoms with Crippen LogP contribution in [-0.4, -0.2) is 34.6 Å². The summed E-state index contributed by atoms with van der Waals surface area (Å²) in [6.45, 7) is 2.10. The van der Waals surface area contributed by atoms with E-state index in [1.807, 2.05) is 12.1 Å². The highest BCUT2D eigenvalue weighted by molar-refractivity contribution is 7.46. The van der Waals surface area contributed by atoms with Gasteiger partial charge in [-0.25, -0.2) is 4.57 Å². The average Bonchev–Trinajstić information content (AvgIpc) is 3.07. The van der Waals surface area contributed by atoms with E-state index in [-0.39, 0.29) is 6.61 Å². The van der Waals surface area contributed by atoms with E-state index >= 15 is 0 Å². The summed E-state index contributed by atoms with van der Waals surface area (Å²) < 4.78 is 26.7. The Kier molecular flexibility index (Phi) is 8.56. The Morgan fingerprint density at radius 2 is 2.07 bits per heavy atom. The van der Waals surface area contributed by atoms with Gasteiger partial charge in [0.05, 0.1) is 19.3 Å². The number of hydrogen-bond donors (Lipinski definition) is 3. The molecule has 2 rings (SSSR count). The van der Waals surface area contributed by atoms with Gasteiger partial charge in [0.2, 0.25) is 0 Å². The molecule has 7 nitrogen and oxygen atoms in total. The maximum absolute atomic E-state index is 10.8. The Hall–Kier alpha value is -1.13. The van der Waals surface area contributed by atoms with E-state index in [2.05, 4.69) is 16.4 Å². The molecule has 0 bridgehead atoms. The Balaban J connectivity index is 1.69. The van der Waals surface area contributed by atoms with E-state index in [0.717, 1.165) is 18.6 Å². The zero-order valence-corrected chi connectivity index (χ0v) is 16.7. The molecule has 1 aliphatic rings. The quantitative estimate of drug-likeness (QED) is 0.332. The van der Waals surface area contributed by atoms with Crippen molar-refractivity contribution in [1.29, 1.82) is 0 Å². The zero-order chi connectivity index (χ0) is 19.8. The molecular formula is C19H30NO6P. The van der Waals surface area contributed by atoms with E-state index in [9.17, 15) is 4.57 Å². The predicted octanol–water partition coefficient (Wildman–Crippen LogP) is 3.13. The number of nitrogens with two attached hydrogens (primary N) is 1. The largest absolute Gasteiger partial charge is 0.469 e. The van der Waals surface area contributed by atoms with Crippen LogP contribution in [-0.2, 0) is 20.2 Å². The van der Waals surface area contributed by atoms with Crippen LogP contribution in [0.3, 0.4) is 0 Å². The van der Waals surface area contributed by atoms with Gasteiger partial charge in [-0.3, -0.25) is 4.52 Å². The van der Waals surface area contributed by atoms with Crippen LogP contribution in [0.4, 0.5) is 0 Å². The molecule has 1 saturated carbocycles. The van der Waals surface area contributed by atoms with Gasteiger partial charge in [0.1, 0.15) is 5.76 Å². The summed E-state index contributed by atoms with van der Waals surface area (Å²) in [7, 11) is -4.51. The van der Waals surface area contributed by atoms with Crippen molar-refractivity contribution in [1.82, 2.24) is 0 Å². The van der Waals surface area contributed by atoms with E-state index < -0.39 is 13.4 Å². The highest BCUT2D eigenvalue weighted by Crippen LogP contribution is 2.36. The second kappa shape index (κ2) is 10.4. The summed E-state index contributed by atoms with van der Waals surface area (Å²) in [6, 6.07) is 3.65. The summed E-state index contributed by atoms with van der Waals surface area (Å²) in [6.07, 6.45) is 8.23. The standard InChI is InChI=1S/C19H30NO6P/c1-19(20,15-25-27(21,22)23)13-12-18-11-10-17(26-18)9-5-6-14-24-16-7-3-2-4-8-16/h10-11,16H,2-4,6-8,12-15,20H2,1H3,(H2,21,22,23)/t19-/m1/s1. The number of phosphoric acid groups is 1. The monoisotopic (exact) mass is 399 g/mol. The van der Waals surface area contributed by atoms with Gasteiger partial charge in [-0.15, -0.1) is 0 Å². The summed E-state index contributed by atoms with van der Waals surface area (Å²) in [5.74, 6) is 7.37. The van der Waals surface area contributed by atoms with E-state index in [1.165, 1.54) is 19.3 Å². The molecule has 1 heterocycles. The van der Waals surface area contributed by atoms with Crippen molar-refractivity contribution < 1.29 is 28.0 Å². The lowest BCUT2D eigenvalue weighted by Crippen LogP contribution is -2.41. The molecule has 0 spiro atoms. The average molecular weight is 399 g/mol. The van der Waals surface area contributed by atoms with Crippen LogP contribution in [0.2, 0.25) is 0 Å². The van der Waals surface area contributed by atoms with Crippen molar-refractivity contribution in [3.8, 4) is 11.8 Å². The molecule has 4 N–H and O–H groups in total. The highest BCUT2D eigenvalue weighted by atomic mass is 31.2. The van der Waals surface area contributed by atoms with Crippen molar-refractivity contribution in [2.45, 2.75) is 69.9 Å². The third-order valence-electron chi connectivity index (χ3n) is 4.51. The molecule has 1 atom stereocenters. The molecule has 0 aliphatic heterocycles. The fourth-order valence-corrected chi connectivity index (χ4v) is 3.41. The van der Waals surface area contributed by atoms with Gasteiger partial charge in [0.15, 0.2) is 5.76 Å². The normalized spacial score (nSPS) is 17.9. The minimum absolute atomic E-state index is 0.231. The molecule has 27 heavy (non-hydrogen) atoms. The van der Waals surface area contributed by atoms with Crippen LogP contribution in [0.15, 0.2) is 16.5 Å². The number of ether oxygens (including phenoxy) is 1. The molecule has 1 fully saturated rings. The van der Waals surface area contributed by atoms with Gasteiger partial charge in [-0.2, -0.15) is 0 Å². The number of phosphoric ester groups is 1. The Morgan fingerprint density at radius 3 is 2.78 bits per heavy atom. The van der Waals surface area contributed by atoms with E-state index in [4.69, 9.17) is 24.7 Å². The fourth-order valence-electron chi connectivity index (χ4n) is 2.95. The maximum atomic E-state index is 10.8. The Bertz CT molecular complexity index is 678. The predicted molar refractivity (Wildman–Crippen MR) is 102 cm³/mol. The minimum Gasteiger partial charge on any atom is -0.453 e. The third kappa shape index (κ3) is 9.57. The van der Waals surface area contributed by atoms with Crippen molar-refractivity contribution >= 4 is 7.82 Å². The smallest absolute Gasteiger partial charge is 0.453 e. The number of furan rings is 1. The summed E-state index contributed by atoms with van der Waals surface area (Å²) in [5.41, 5.74) is 5.14. The lowest BCUT2D eigenvalue weighted by molar-refractivity contribution is 0.0320. The second-order valence-electron chi connectivity index (χ2n) is 7.37. The second-order valence-corrected chi connectivity index (χ2v) is 8.61. The minimum atomic E-state index is -4.51. The van der Waals surface area contributed by atoms with Gasteiger partial charge in [0.25, 0.3) is 0 Å². The summed E-state index contributed by atoms with van der Waals surface area (Å²) >= 11 is 0. The van der Waals surface area contributed by atoms with Gasteiger partial charge in [-0.05, 0) is 44.2 Å². The first kappa shape index (κ1) is 22.2. The summed E-state index contributed by atoms with van der Waals surface area (Å²) in [5, 5.41) is 0. The Labute approximate surface area is 160 Å². The van der Waals surface area contributed by atoms with Crippen molar-refractivity contribution in [2.24, 2.45) is 5.73 Å². The molecule has 0 unspecified atom stereocenters. The van der Waals surface area contributed by atoms with E-state index in [0.29, 0.717) is 37.7 Å². The lowest BCUT2D eigenvalue weighted by Gasteiger charge is -2.23. The van der Waals surface area contributed by atoms with Gasteiger partial charge < -0.3 is 24.7 Å². The number of aryl methyl sites for hydroxylation is 1. The van der Waals surface area contributed by atoms with Gasteiger partial charge >= 0.3 is 7.82 Å². The SMILES string of the molecule is C[C@@](N)(CCc1ccc(C#CCCOC2CCCCC2)o1)COP(=O)(O)O. The van der Waals surface area contributed by atoms with Crippen LogP contribution in [0.5, 0.6) is 0 Å². The number of rotatable bonds is 9. The Morgan fingerprint density at radius 1 is 1.33 bits per heavy atom. The first-order valence-corrected chi connectivity index (χ1v) is 10.9. The molecular weight excluding hydrogens is 369 g/mol. The zero-order valence-electron chi connectivity index (χ0n) is 15.9. The van der Waals surface area contributed by atoms with Crippen molar-refractivity contribution in [3.05, 3.63) is 23.7 Å². The molecule has 0 saturated heterocycles. The first-order chi connectivity index (χ1) is 12.7. The van der Waals surface area contributed by atoms with Gasteiger partial charge in [-0.1, -0.05) is 25.2 Å². The molecule has 0 aromatic carbocycles. The molecule has 0 radical (unpaired) electrons. The van der Waals surface area contributed by atoms with Crippen LogP contribution in [0.1, 0.15) is 63.4 Å². The molecule has 1 aromatic heterocycles. The van der Waals surface area contributed by atoms with Crippen LogP contribution >= 0.6 is 7.82 Å². The molecule has 1 aromatic rings. The van der Waals surface area contributed by atoms with E-state index in [1.54, 1.807) is 6.92 Å². The topological polar surface area (TPSA) is 115 Å². The fraction of sp³-hybridized carbons (Fsp3) is 0.684. The van der Waals surface area contributed by atoms with Crippen molar-refractivity contribution in [3.63, 3.8) is 0 Å². The van der Waals surface area contributed by atoms with Crippen molar-refractivity contribution in [2.75, 3.05) is 13.2 Å². The molecule has 1 aliphatic carbocycles. The van der Waals surface area contributed by atoms with Gasteiger partial charge in [0, 0.05) is 18.4 Å². The lowest BCUT2D eigenvalue weighted by atomic mass is 9.98. The molecule has 8 heteroatoms. The molecule has 152 valence electrons. The van der Waals surface area contributed by atoms with Crippen LogP contribution < -0.4 is 5.73 Å². The first-order valence-electron chi connectivity index (χ1n) is 9.42. The highest BCUT2D eigenvalue weighted by Gasteiger charge is 2.24. The van der Waals surface area contributed by atoms with Crippen LogP contribution in [0.25, 0.3) is 0 Å². The maximum Gasteiger partial charge on any atom is 0.469 e. The number of hydrogen-bond acceptors (Lipinski definition) is 5. The summed E-state index contributed by atoms with van der Waals surface area (Å²) in [4.78, 5) is 17.5.